The number of benzene rings is 2. The Bertz CT molecular complexity index is 1710. The highest BCUT2D eigenvalue weighted by atomic mass is 16.3. The predicted octanol–water partition coefficient (Wildman–Crippen LogP) is 4.01. The molecule has 2 amide bonds. The van der Waals surface area contributed by atoms with Gasteiger partial charge in [-0.1, -0.05) is 55.3 Å². The predicted molar refractivity (Wildman–Crippen MR) is 166 cm³/mol. The number of aromatic nitrogens is 3. The standard InChI is InChI=1S/C34H37N5O5/c40-25-10-6-7-23(19-25)20-30(41)36-29-14-13-28-31(37-29)33(43)39(22-35-28)21-34(44)15-17-38(18-16-34)32(42)27-12-5-4-11-26(27)24-8-2-1-3-9-24/h1-3,6-10,13-14,19,22,26-27,40,44H,4-5,11-12,15-18,20-21H2,(H,36,37,41)/t26-,27+/m1/s1. The summed E-state index contributed by atoms with van der Waals surface area (Å²) in [4.78, 5) is 50.2. The number of aromatic hydroxyl groups is 1. The number of nitrogens with zero attached hydrogens (tertiary/aromatic N) is 4. The van der Waals surface area contributed by atoms with Crippen molar-refractivity contribution in [2.45, 2.75) is 63.0 Å². The van der Waals surface area contributed by atoms with E-state index in [0.717, 1.165) is 25.7 Å². The maximum atomic E-state index is 13.7. The number of phenolic OH excluding ortho intramolecular Hbond substituents is 1. The van der Waals surface area contributed by atoms with Gasteiger partial charge in [-0.3, -0.25) is 19.0 Å². The summed E-state index contributed by atoms with van der Waals surface area (Å²) < 4.78 is 1.36. The monoisotopic (exact) mass is 595 g/mol. The van der Waals surface area contributed by atoms with Crippen LogP contribution < -0.4 is 10.9 Å². The Morgan fingerprint density at radius 2 is 1.75 bits per heavy atom. The minimum Gasteiger partial charge on any atom is -0.508 e. The van der Waals surface area contributed by atoms with Crippen molar-refractivity contribution in [3.8, 4) is 5.75 Å². The summed E-state index contributed by atoms with van der Waals surface area (Å²) in [6.07, 6.45) is 6.20. The van der Waals surface area contributed by atoms with Crippen molar-refractivity contribution in [3.63, 3.8) is 0 Å². The van der Waals surface area contributed by atoms with E-state index >= 15 is 0 Å². The number of pyridine rings is 1. The molecule has 4 aromatic rings. The lowest BCUT2D eigenvalue weighted by atomic mass is 9.74. The van der Waals surface area contributed by atoms with Gasteiger partial charge in [0.2, 0.25) is 11.8 Å². The van der Waals surface area contributed by atoms with Gasteiger partial charge in [0, 0.05) is 19.0 Å². The third kappa shape index (κ3) is 6.50. The van der Waals surface area contributed by atoms with Crippen LogP contribution in [0.2, 0.25) is 0 Å². The molecular weight excluding hydrogens is 558 g/mol. The molecule has 44 heavy (non-hydrogen) atoms. The molecule has 0 spiro atoms. The maximum Gasteiger partial charge on any atom is 0.280 e. The number of fused-ring (bicyclic) bond motifs is 1. The van der Waals surface area contributed by atoms with E-state index in [0.29, 0.717) is 37.0 Å². The van der Waals surface area contributed by atoms with Crippen LogP contribution in [0.25, 0.3) is 11.0 Å². The van der Waals surface area contributed by atoms with Crippen molar-refractivity contribution in [1.82, 2.24) is 19.4 Å². The van der Waals surface area contributed by atoms with Gasteiger partial charge < -0.3 is 20.4 Å². The van der Waals surface area contributed by atoms with Crippen molar-refractivity contribution in [2.24, 2.45) is 5.92 Å². The molecule has 3 N–H and O–H groups in total. The second-order valence-corrected chi connectivity index (χ2v) is 12.1. The van der Waals surface area contributed by atoms with Crippen LogP contribution in [0.4, 0.5) is 5.82 Å². The SMILES string of the molecule is O=C(Cc1cccc(O)c1)Nc1ccc2ncn(CC3(O)CCN(C(=O)[C@H]4CCCC[C@@H]4c4ccccc4)CC3)c(=O)c2n1. The van der Waals surface area contributed by atoms with Crippen molar-refractivity contribution >= 4 is 28.7 Å². The average Bonchev–Trinajstić information content (AvgIpc) is 3.03. The Hall–Kier alpha value is -4.57. The van der Waals surface area contributed by atoms with Crippen LogP contribution in [0, 0.1) is 5.92 Å². The van der Waals surface area contributed by atoms with Gasteiger partial charge in [-0.2, -0.15) is 0 Å². The molecule has 1 saturated heterocycles. The van der Waals surface area contributed by atoms with E-state index in [1.54, 1.807) is 24.3 Å². The quantitative estimate of drug-likeness (QED) is 0.294. The van der Waals surface area contributed by atoms with Gasteiger partial charge >= 0.3 is 0 Å². The van der Waals surface area contributed by atoms with Gasteiger partial charge in [0.05, 0.1) is 30.4 Å². The minimum absolute atomic E-state index is 0.0304. The van der Waals surface area contributed by atoms with Gasteiger partial charge in [-0.05, 0) is 67.0 Å². The Balaban J connectivity index is 1.11. The third-order valence-corrected chi connectivity index (χ3v) is 9.00. The van der Waals surface area contributed by atoms with E-state index in [9.17, 15) is 24.6 Å². The molecule has 0 unspecified atom stereocenters. The molecule has 1 saturated carbocycles. The first-order valence-corrected chi connectivity index (χ1v) is 15.3. The second-order valence-electron chi connectivity index (χ2n) is 12.1. The number of carbonyl (C=O) groups excluding carboxylic acids is 2. The minimum atomic E-state index is -1.17. The number of rotatable bonds is 7. The fourth-order valence-corrected chi connectivity index (χ4v) is 6.63. The summed E-state index contributed by atoms with van der Waals surface area (Å²) in [5.41, 5.74) is 0.735. The normalized spacial score (nSPS) is 19.9. The largest absolute Gasteiger partial charge is 0.508 e. The van der Waals surface area contributed by atoms with Crippen LogP contribution in [-0.2, 0) is 22.6 Å². The van der Waals surface area contributed by atoms with Gasteiger partial charge in [-0.15, -0.1) is 0 Å². The molecule has 0 bridgehead atoms. The summed E-state index contributed by atoms with van der Waals surface area (Å²) in [7, 11) is 0. The Labute approximate surface area is 255 Å². The molecule has 2 aromatic heterocycles. The fourth-order valence-electron chi connectivity index (χ4n) is 6.63. The highest BCUT2D eigenvalue weighted by Gasteiger charge is 2.39. The van der Waals surface area contributed by atoms with E-state index in [1.165, 1.54) is 28.6 Å². The molecule has 3 heterocycles. The van der Waals surface area contributed by atoms with Crippen LogP contribution in [0.3, 0.4) is 0 Å². The number of hydrogen-bond acceptors (Lipinski definition) is 7. The Morgan fingerprint density at radius 3 is 2.52 bits per heavy atom. The highest BCUT2D eigenvalue weighted by molar-refractivity contribution is 5.92. The average molecular weight is 596 g/mol. The van der Waals surface area contributed by atoms with Gasteiger partial charge in [0.1, 0.15) is 11.6 Å². The first-order chi connectivity index (χ1) is 21.3. The molecule has 2 fully saturated rings. The number of amides is 2. The smallest absolute Gasteiger partial charge is 0.280 e. The van der Waals surface area contributed by atoms with Crippen LogP contribution in [0.5, 0.6) is 5.75 Å². The highest BCUT2D eigenvalue weighted by Crippen LogP contribution is 2.39. The van der Waals surface area contributed by atoms with Crippen molar-refractivity contribution in [3.05, 3.63) is 94.5 Å². The molecule has 10 nitrogen and oxygen atoms in total. The van der Waals surface area contributed by atoms with Crippen LogP contribution in [0.1, 0.15) is 55.6 Å². The number of phenols is 1. The molecular formula is C34H37N5O5. The maximum absolute atomic E-state index is 13.7. The summed E-state index contributed by atoms with van der Waals surface area (Å²) in [5.74, 6) is 0.269. The van der Waals surface area contributed by atoms with E-state index in [4.69, 9.17) is 0 Å². The summed E-state index contributed by atoms with van der Waals surface area (Å²) in [6.45, 7) is 0.885. The Morgan fingerprint density at radius 1 is 0.977 bits per heavy atom. The second kappa shape index (κ2) is 12.6. The fraction of sp³-hybridized carbons (Fsp3) is 0.382. The summed E-state index contributed by atoms with van der Waals surface area (Å²) in [6, 6.07) is 19.9. The Kier molecular flexibility index (Phi) is 8.43. The van der Waals surface area contributed by atoms with E-state index < -0.39 is 11.2 Å². The van der Waals surface area contributed by atoms with Crippen molar-refractivity contribution in [2.75, 3.05) is 18.4 Å². The van der Waals surface area contributed by atoms with Crippen LogP contribution in [0.15, 0.2) is 77.9 Å². The van der Waals surface area contributed by atoms with Crippen molar-refractivity contribution in [1.29, 1.82) is 0 Å². The molecule has 2 aliphatic rings. The molecule has 10 heteroatoms. The van der Waals surface area contributed by atoms with Crippen LogP contribution >= 0.6 is 0 Å². The number of anilines is 1. The van der Waals surface area contributed by atoms with E-state index in [-0.39, 0.29) is 53.7 Å². The van der Waals surface area contributed by atoms with Crippen LogP contribution in [-0.4, -0.2) is 60.2 Å². The molecule has 2 atom stereocenters. The molecule has 6 rings (SSSR count). The van der Waals surface area contributed by atoms with Gasteiger partial charge in [0.25, 0.3) is 5.56 Å². The molecule has 228 valence electrons. The third-order valence-electron chi connectivity index (χ3n) is 9.00. The zero-order chi connectivity index (χ0) is 30.7. The topological polar surface area (TPSA) is 138 Å². The zero-order valence-corrected chi connectivity index (χ0v) is 24.6. The van der Waals surface area contributed by atoms with Gasteiger partial charge in [0.15, 0.2) is 5.52 Å². The lowest BCUT2D eigenvalue weighted by Crippen LogP contribution is -2.51. The number of piperidine rings is 1. The first kappa shape index (κ1) is 29.5. The number of hydrogen-bond donors (Lipinski definition) is 3. The van der Waals surface area contributed by atoms with Crippen molar-refractivity contribution < 1.29 is 19.8 Å². The van der Waals surface area contributed by atoms with E-state index in [2.05, 4.69) is 27.4 Å². The lowest BCUT2D eigenvalue weighted by molar-refractivity contribution is -0.142. The molecule has 1 aliphatic heterocycles. The lowest BCUT2D eigenvalue weighted by Gasteiger charge is -2.41. The number of nitrogens with one attached hydrogen (secondary N) is 1. The number of carbonyl (C=O) groups is 2. The summed E-state index contributed by atoms with van der Waals surface area (Å²) >= 11 is 0. The molecule has 2 aromatic carbocycles. The summed E-state index contributed by atoms with van der Waals surface area (Å²) in [5, 5.41) is 23.8. The first-order valence-electron chi connectivity index (χ1n) is 15.3. The molecule has 0 radical (unpaired) electrons. The van der Waals surface area contributed by atoms with E-state index in [1.807, 2.05) is 23.1 Å². The number of aliphatic hydroxyl groups is 1. The van der Waals surface area contributed by atoms with Gasteiger partial charge in [-0.25, -0.2) is 9.97 Å². The zero-order valence-electron chi connectivity index (χ0n) is 24.6. The molecule has 1 aliphatic carbocycles. The number of likely N-dealkylation sites (tertiary alicyclic amines) is 1.